The van der Waals surface area contributed by atoms with Crippen LogP contribution in [0.1, 0.15) is 7.43 Å². The molecular formula is C13H16O. The van der Waals surface area contributed by atoms with Crippen LogP contribution >= 0.6 is 0 Å². The molecule has 0 saturated carbocycles. The predicted octanol–water partition coefficient (Wildman–Crippen LogP) is 3.96. The minimum Gasteiger partial charge on any atom is -0.457 e. The van der Waals surface area contributed by atoms with Crippen molar-refractivity contribution < 1.29 is 4.74 Å². The van der Waals surface area contributed by atoms with Gasteiger partial charge in [0.2, 0.25) is 0 Å². The highest BCUT2D eigenvalue weighted by atomic mass is 16.5. The van der Waals surface area contributed by atoms with Crippen LogP contribution in [0, 0.1) is 0 Å². The first-order valence-corrected chi connectivity index (χ1v) is 4.05. The molecule has 1 aromatic carbocycles. The third kappa shape index (κ3) is 3.76. The second-order valence-corrected chi connectivity index (χ2v) is 2.42. The Hall–Kier alpha value is -1.76. The van der Waals surface area contributed by atoms with Crippen LogP contribution < -0.4 is 4.74 Å². The number of ether oxygens (including phenoxy) is 1. The Morgan fingerprint density at radius 1 is 1.14 bits per heavy atom. The fraction of sp³-hybridized carbons (Fsp3) is 0.0769. The Kier molecular flexibility index (Phi) is 5.88. The van der Waals surface area contributed by atoms with Crippen LogP contribution in [0.2, 0.25) is 0 Å². The molecule has 1 rings (SSSR count). The molecule has 74 valence electrons. The zero-order valence-electron chi connectivity index (χ0n) is 7.44. The summed E-state index contributed by atoms with van der Waals surface area (Å²) in [4.78, 5) is 0. The first kappa shape index (κ1) is 12.2. The van der Waals surface area contributed by atoms with E-state index in [1.807, 2.05) is 30.3 Å². The summed E-state index contributed by atoms with van der Waals surface area (Å²) in [6, 6.07) is 9.56. The molecule has 0 amide bonds. The van der Waals surface area contributed by atoms with Crippen LogP contribution in [0.15, 0.2) is 67.5 Å². The van der Waals surface area contributed by atoms with E-state index < -0.39 is 0 Å². The van der Waals surface area contributed by atoms with Crippen LogP contribution in [-0.2, 0) is 0 Å². The fourth-order valence-electron chi connectivity index (χ4n) is 0.885. The highest BCUT2D eigenvalue weighted by Crippen LogP contribution is 2.12. The van der Waals surface area contributed by atoms with Crippen molar-refractivity contribution in [3.8, 4) is 5.75 Å². The van der Waals surface area contributed by atoms with Crippen LogP contribution in [0.5, 0.6) is 5.75 Å². The lowest BCUT2D eigenvalue weighted by Gasteiger charge is -2.04. The minimum absolute atomic E-state index is 0. The molecular weight excluding hydrogens is 172 g/mol. The van der Waals surface area contributed by atoms with E-state index in [1.165, 1.54) is 0 Å². The van der Waals surface area contributed by atoms with Crippen molar-refractivity contribution in [1.82, 2.24) is 0 Å². The third-order valence-electron chi connectivity index (χ3n) is 1.46. The van der Waals surface area contributed by atoms with Crippen molar-refractivity contribution in [2.24, 2.45) is 0 Å². The van der Waals surface area contributed by atoms with Gasteiger partial charge in [0.1, 0.15) is 11.5 Å². The Balaban J connectivity index is 0.00000169. The molecule has 0 aliphatic rings. The molecule has 1 nitrogen and oxygen atoms in total. The molecule has 0 saturated heterocycles. The van der Waals surface area contributed by atoms with Gasteiger partial charge in [0, 0.05) is 0 Å². The highest BCUT2D eigenvalue weighted by molar-refractivity contribution is 5.27. The standard InChI is InChI=1S/C12H12O.CH4/c1-3-8-11(4-2)13-12-9-6-5-7-10-12;/h3-10H,1-2H2;1H4/b11-8+;. The molecule has 0 aliphatic carbocycles. The van der Waals surface area contributed by atoms with Gasteiger partial charge in [-0.15, -0.1) is 0 Å². The monoisotopic (exact) mass is 188 g/mol. The molecule has 0 aliphatic heterocycles. The van der Waals surface area contributed by atoms with Crippen molar-refractivity contribution >= 4 is 0 Å². The van der Waals surface area contributed by atoms with Gasteiger partial charge in [-0.2, -0.15) is 0 Å². The summed E-state index contributed by atoms with van der Waals surface area (Å²) in [6.45, 7) is 7.22. The van der Waals surface area contributed by atoms with Crippen molar-refractivity contribution in [2.45, 2.75) is 7.43 Å². The summed E-state index contributed by atoms with van der Waals surface area (Å²) in [5.41, 5.74) is 0. The van der Waals surface area contributed by atoms with Crippen LogP contribution in [-0.4, -0.2) is 0 Å². The van der Waals surface area contributed by atoms with Crippen LogP contribution in [0.25, 0.3) is 0 Å². The third-order valence-corrected chi connectivity index (χ3v) is 1.46. The average molecular weight is 188 g/mol. The van der Waals surface area contributed by atoms with E-state index in [1.54, 1.807) is 18.2 Å². The molecule has 14 heavy (non-hydrogen) atoms. The van der Waals surface area contributed by atoms with Gasteiger partial charge in [0.25, 0.3) is 0 Å². The second-order valence-electron chi connectivity index (χ2n) is 2.42. The number of hydrogen-bond acceptors (Lipinski definition) is 1. The van der Waals surface area contributed by atoms with E-state index in [0.29, 0.717) is 5.76 Å². The van der Waals surface area contributed by atoms with Gasteiger partial charge in [0.15, 0.2) is 0 Å². The maximum atomic E-state index is 5.48. The van der Waals surface area contributed by atoms with Crippen LogP contribution in [0.4, 0.5) is 0 Å². The topological polar surface area (TPSA) is 9.23 Å². The lowest BCUT2D eigenvalue weighted by molar-refractivity contribution is 0.445. The Morgan fingerprint density at radius 2 is 1.79 bits per heavy atom. The van der Waals surface area contributed by atoms with E-state index in [-0.39, 0.29) is 7.43 Å². The van der Waals surface area contributed by atoms with Gasteiger partial charge < -0.3 is 4.74 Å². The molecule has 0 aromatic heterocycles. The number of benzene rings is 1. The molecule has 0 heterocycles. The lowest BCUT2D eigenvalue weighted by Crippen LogP contribution is -1.90. The Labute approximate surface area is 86.0 Å². The summed E-state index contributed by atoms with van der Waals surface area (Å²) in [5.74, 6) is 1.50. The molecule has 1 aromatic rings. The summed E-state index contributed by atoms with van der Waals surface area (Å²) >= 11 is 0. The summed E-state index contributed by atoms with van der Waals surface area (Å²) in [6.07, 6.45) is 5.08. The van der Waals surface area contributed by atoms with Crippen molar-refractivity contribution in [3.63, 3.8) is 0 Å². The fourth-order valence-corrected chi connectivity index (χ4v) is 0.885. The van der Waals surface area contributed by atoms with Gasteiger partial charge in [0.05, 0.1) is 0 Å². The van der Waals surface area contributed by atoms with Crippen molar-refractivity contribution in [2.75, 3.05) is 0 Å². The molecule has 0 bridgehead atoms. The quantitative estimate of drug-likeness (QED) is 0.513. The van der Waals surface area contributed by atoms with Gasteiger partial charge in [-0.3, -0.25) is 0 Å². The van der Waals surface area contributed by atoms with Crippen molar-refractivity contribution in [3.05, 3.63) is 67.5 Å². The molecule has 0 spiro atoms. The first-order valence-electron chi connectivity index (χ1n) is 4.05. The van der Waals surface area contributed by atoms with Gasteiger partial charge in [-0.25, -0.2) is 0 Å². The molecule has 0 radical (unpaired) electrons. The zero-order valence-corrected chi connectivity index (χ0v) is 7.44. The molecule has 0 fully saturated rings. The van der Waals surface area contributed by atoms with Gasteiger partial charge in [-0.05, 0) is 24.3 Å². The molecule has 0 unspecified atom stereocenters. The highest BCUT2D eigenvalue weighted by Gasteiger charge is 1.92. The molecule has 0 N–H and O–H groups in total. The zero-order chi connectivity index (χ0) is 9.52. The summed E-state index contributed by atoms with van der Waals surface area (Å²) in [5, 5.41) is 0. The number of allylic oxidation sites excluding steroid dienone is 3. The first-order chi connectivity index (χ1) is 6.36. The smallest absolute Gasteiger partial charge is 0.127 e. The number of para-hydroxylation sites is 1. The normalized spacial score (nSPS) is 9.86. The van der Waals surface area contributed by atoms with E-state index in [9.17, 15) is 0 Å². The lowest BCUT2D eigenvalue weighted by atomic mass is 10.3. The Bertz CT molecular complexity index is 309. The SMILES string of the molecule is C.C=C/C=C(\C=C)Oc1ccccc1. The van der Waals surface area contributed by atoms with Crippen LogP contribution in [0.3, 0.4) is 0 Å². The maximum absolute atomic E-state index is 5.48. The second kappa shape index (κ2) is 6.72. The summed E-state index contributed by atoms with van der Waals surface area (Å²) in [7, 11) is 0. The number of rotatable bonds is 4. The van der Waals surface area contributed by atoms with E-state index in [2.05, 4.69) is 13.2 Å². The van der Waals surface area contributed by atoms with E-state index in [0.717, 1.165) is 5.75 Å². The van der Waals surface area contributed by atoms with Gasteiger partial charge >= 0.3 is 0 Å². The van der Waals surface area contributed by atoms with Gasteiger partial charge in [-0.1, -0.05) is 44.9 Å². The molecule has 1 heteroatoms. The summed E-state index contributed by atoms with van der Waals surface area (Å²) < 4.78 is 5.48. The minimum atomic E-state index is 0. The maximum Gasteiger partial charge on any atom is 0.127 e. The largest absolute Gasteiger partial charge is 0.457 e. The van der Waals surface area contributed by atoms with Crippen molar-refractivity contribution in [1.29, 1.82) is 0 Å². The Morgan fingerprint density at radius 3 is 2.29 bits per heavy atom. The van der Waals surface area contributed by atoms with E-state index >= 15 is 0 Å². The average Bonchev–Trinajstić information content (AvgIpc) is 2.19. The number of hydrogen-bond donors (Lipinski definition) is 0. The predicted molar refractivity (Wildman–Crippen MR) is 62.3 cm³/mol. The van der Waals surface area contributed by atoms with E-state index in [4.69, 9.17) is 4.74 Å². The molecule has 0 atom stereocenters.